The lowest BCUT2D eigenvalue weighted by Gasteiger charge is -2.27. The molecule has 1 aliphatic rings. The van der Waals surface area contributed by atoms with E-state index in [1.807, 2.05) is 6.92 Å². The van der Waals surface area contributed by atoms with Crippen LogP contribution in [0.15, 0.2) is 12.1 Å². The van der Waals surface area contributed by atoms with Crippen molar-refractivity contribution in [2.75, 3.05) is 13.7 Å². The van der Waals surface area contributed by atoms with Gasteiger partial charge in [-0.2, -0.15) is 0 Å². The van der Waals surface area contributed by atoms with E-state index in [9.17, 15) is 13.2 Å². The lowest BCUT2D eigenvalue weighted by molar-refractivity contribution is 0.0778. The minimum absolute atomic E-state index is 0.0185. The molecule has 1 aliphatic heterocycles. The highest BCUT2D eigenvalue weighted by Crippen LogP contribution is 2.36. The van der Waals surface area contributed by atoms with E-state index in [1.165, 1.54) is 0 Å². The molecule has 2 nitrogen and oxygen atoms in total. The summed E-state index contributed by atoms with van der Waals surface area (Å²) >= 11 is 0. The Bertz CT molecular complexity index is 453. The molecular weight excluding hydrogens is 255 g/mol. The minimum Gasteiger partial charge on any atom is -0.378 e. The molecule has 1 N–H and O–H groups in total. The van der Waals surface area contributed by atoms with Crippen molar-refractivity contribution in [3.8, 4) is 0 Å². The average molecular weight is 273 g/mol. The van der Waals surface area contributed by atoms with Crippen LogP contribution in [0.4, 0.5) is 13.2 Å². The molecule has 0 radical (unpaired) electrons. The van der Waals surface area contributed by atoms with E-state index in [-0.39, 0.29) is 23.6 Å². The Morgan fingerprint density at radius 2 is 1.95 bits per heavy atom. The van der Waals surface area contributed by atoms with E-state index in [2.05, 4.69) is 5.32 Å². The molecule has 1 fully saturated rings. The molecule has 0 bridgehead atoms. The number of hydrogen-bond acceptors (Lipinski definition) is 2. The summed E-state index contributed by atoms with van der Waals surface area (Å²) in [5.74, 6) is -2.84. The molecule has 0 amide bonds. The first kappa shape index (κ1) is 14.3. The Morgan fingerprint density at radius 3 is 2.58 bits per heavy atom. The maximum absolute atomic E-state index is 13.9. The number of nitrogens with one attached hydrogen (secondary N) is 1. The van der Waals surface area contributed by atoms with Crippen molar-refractivity contribution in [3.05, 3.63) is 35.1 Å². The third-order valence-electron chi connectivity index (χ3n) is 3.78. The van der Waals surface area contributed by atoms with Crippen molar-refractivity contribution in [3.63, 3.8) is 0 Å². The van der Waals surface area contributed by atoms with Gasteiger partial charge in [0, 0.05) is 30.2 Å². The van der Waals surface area contributed by atoms with E-state index in [1.54, 1.807) is 7.05 Å². The quantitative estimate of drug-likeness (QED) is 0.851. The molecule has 5 heteroatoms. The lowest BCUT2D eigenvalue weighted by atomic mass is 9.86. The van der Waals surface area contributed by atoms with Gasteiger partial charge in [-0.05, 0) is 26.0 Å². The second-order valence-electron chi connectivity index (χ2n) is 4.82. The zero-order chi connectivity index (χ0) is 14.0. The normalized spacial score (nSPS) is 24.7. The number of rotatable bonds is 4. The van der Waals surface area contributed by atoms with Crippen LogP contribution in [0.25, 0.3) is 0 Å². The average Bonchev–Trinajstić information content (AvgIpc) is 2.84. The Kier molecular flexibility index (Phi) is 4.47. The smallest absolute Gasteiger partial charge is 0.161 e. The topological polar surface area (TPSA) is 21.3 Å². The summed E-state index contributed by atoms with van der Waals surface area (Å²) in [5.41, 5.74) is 0.162. The standard InChI is InChI=1S/C14H18F3NO/c1-3-13-8(4-5-19-13)14(18-2)9-6-11(16)12(17)7-10(9)15/h6-8,13-14,18H,3-5H2,1-2H3. The second kappa shape index (κ2) is 5.92. The molecule has 0 spiro atoms. The molecule has 2 rings (SSSR count). The van der Waals surface area contributed by atoms with Crippen molar-refractivity contribution in [2.45, 2.75) is 31.9 Å². The van der Waals surface area contributed by atoms with Gasteiger partial charge in [0.2, 0.25) is 0 Å². The number of benzene rings is 1. The van der Waals surface area contributed by atoms with Gasteiger partial charge in [-0.25, -0.2) is 13.2 Å². The molecule has 1 aromatic carbocycles. The Balaban J connectivity index is 2.34. The van der Waals surface area contributed by atoms with Gasteiger partial charge in [0.1, 0.15) is 5.82 Å². The first-order valence-corrected chi connectivity index (χ1v) is 6.51. The molecule has 0 aromatic heterocycles. The summed E-state index contributed by atoms with van der Waals surface area (Å²) < 4.78 is 45.8. The van der Waals surface area contributed by atoms with Crippen LogP contribution in [0, 0.1) is 23.4 Å². The highest BCUT2D eigenvalue weighted by molar-refractivity contribution is 5.24. The van der Waals surface area contributed by atoms with Gasteiger partial charge in [-0.3, -0.25) is 0 Å². The molecule has 0 saturated carbocycles. The Hall–Kier alpha value is -1.07. The van der Waals surface area contributed by atoms with E-state index in [4.69, 9.17) is 4.74 Å². The Labute approximate surface area is 111 Å². The summed E-state index contributed by atoms with van der Waals surface area (Å²) in [6.07, 6.45) is 1.61. The maximum atomic E-state index is 13.9. The fourth-order valence-corrected chi connectivity index (χ4v) is 2.84. The minimum atomic E-state index is -1.16. The van der Waals surface area contributed by atoms with Gasteiger partial charge in [0.15, 0.2) is 11.6 Å². The molecular formula is C14H18F3NO. The fraction of sp³-hybridized carbons (Fsp3) is 0.571. The van der Waals surface area contributed by atoms with Crippen LogP contribution < -0.4 is 5.32 Å². The predicted octanol–water partition coefficient (Wildman–Crippen LogP) is 3.18. The molecule has 3 unspecified atom stereocenters. The lowest BCUT2D eigenvalue weighted by Crippen LogP contribution is -2.31. The fourth-order valence-electron chi connectivity index (χ4n) is 2.84. The van der Waals surface area contributed by atoms with Crippen LogP contribution in [0.1, 0.15) is 31.4 Å². The summed E-state index contributed by atoms with van der Waals surface area (Å²) in [6, 6.07) is 1.17. The maximum Gasteiger partial charge on any atom is 0.161 e. The Morgan fingerprint density at radius 1 is 1.26 bits per heavy atom. The first-order chi connectivity index (χ1) is 9.08. The molecule has 1 aromatic rings. The van der Waals surface area contributed by atoms with Gasteiger partial charge in [0.25, 0.3) is 0 Å². The number of halogens is 3. The van der Waals surface area contributed by atoms with Crippen LogP contribution in [0.2, 0.25) is 0 Å². The van der Waals surface area contributed by atoms with Crippen LogP contribution in [-0.2, 0) is 4.74 Å². The van der Waals surface area contributed by atoms with Crippen molar-refractivity contribution in [1.82, 2.24) is 5.32 Å². The third-order valence-corrected chi connectivity index (χ3v) is 3.78. The molecule has 19 heavy (non-hydrogen) atoms. The number of ether oxygens (including phenoxy) is 1. The molecule has 3 atom stereocenters. The highest BCUT2D eigenvalue weighted by atomic mass is 19.2. The first-order valence-electron chi connectivity index (χ1n) is 6.51. The van der Waals surface area contributed by atoms with Gasteiger partial charge >= 0.3 is 0 Å². The highest BCUT2D eigenvalue weighted by Gasteiger charge is 2.35. The van der Waals surface area contributed by atoms with Gasteiger partial charge < -0.3 is 10.1 Å². The molecule has 106 valence electrons. The predicted molar refractivity (Wildman–Crippen MR) is 66.3 cm³/mol. The molecule has 1 heterocycles. The summed E-state index contributed by atoms with van der Waals surface area (Å²) in [4.78, 5) is 0. The summed E-state index contributed by atoms with van der Waals surface area (Å²) in [7, 11) is 1.69. The molecule has 1 saturated heterocycles. The summed E-state index contributed by atoms with van der Waals surface area (Å²) in [6.45, 7) is 2.62. The van der Waals surface area contributed by atoms with Crippen molar-refractivity contribution in [2.24, 2.45) is 5.92 Å². The van der Waals surface area contributed by atoms with Crippen molar-refractivity contribution < 1.29 is 17.9 Å². The van der Waals surface area contributed by atoms with Gasteiger partial charge in [-0.15, -0.1) is 0 Å². The zero-order valence-electron chi connectivity index (χ0n) is 11.1. The molecule has 0 aliphatic carbocycles. The van der Waals surface area contributed by atoms with Crippen molar-refractivity contribution in [1.29, 1.82) is 0 Å². The SMILES string of the molecule is CCC1OCCC1C(NC)c1cc(F)c(F)cc1F. The van der Waals surface area contributed by atoms with Crippen LogP contribution >= 0.6 is 0 Å². The van der Waals surface area contributed by atoms with E-state index >= 15 is 0 Å². The monoisotopic (exact) mass is 273 g/mol. The van der Waals surface area contributed by atoms with Crippen LogP contribution in [0.5, 0.6) is 0 Å². The second-order valence-corrected chi connectivity index (χ2v) is 4.82. The van der Waals surface area contributed by atoms with Crippen LogP contribution in [0.3, 0.4) is 0 Å². The van der Waals surface area contributed by atoms with E-state index < -0.39 is 17.5 Å². The van der Waals surface area contributed by atoms with Crippen LogP contribution in [-0.4, -0.2) is 19.8 Å². The van der Waals surface area contributed by atoms with E-state index in [0.717, 1.165) is 18.9 Å². The summed E-state index contributed by atoms with van der Waals surface area (Å²) in [5, 5.41) is 3.00. The van der Waals surface area contributed by atoms with Gasteiger partial charge in [0.05, 0.1) is 6.10 Å². The number of hydrogen-bond donors (Lipinski definition) is 1. The largest absolute Gasteiger partial charge is 0.378 e. The zero-order valence-corrected chi connectivity index (χ0v) is 11.1. The third kappa shape index (κ3) is 2.77. The van der Waals surface area contributed by atoms with Gasteiger partial charge in [-0.1, -0.05) is 6.92 Å². The van der Waals surface area contributed by atoms with Crippen molar-refractivity contribution >= 4 is 0 Å². The van der Waals surface area contributed by atoms with E-state index in [0.29, 0.717) is 12.7 Å².